The zero-order valence-electron chi connectivity index (χ0n) is 8.70. The predicted octanol–water partition coefficient (Wildman–Crippen LogP) is 2.81. The van der Waals surface area contributed by atoms with Crippen molar-refractivity contribution < 1.29 is 0 Å². The van der Waals surface area contributed by atoms with E-state index in [2.05, 4.69) is 40.1 Å². The first-order valence-corrected chi connectivity index (χ1v) is 4.67. The lowest BCUT2D eigenvalue weighted by Crippen LogP contribution is -2.29. The van der Waals surface area contributed by atoms with Gasteiger partial charge in [-0.15, -0.1) is 0 Å². The minimum absolute atomic E-state index is 0.461. The Morgan fingerprint density at radius 3 is 2.09 bits per heavy atom. The van der Waals surface area contributed by atoms with Crippen LogP contribution in [0.25, 0.3) is 0 Å². The molecule has 0 aromatic carbocycles. The molecule has 0 aliphatic rings. The second kappa shape index (κ2) is 4.76. The fourth-order valence-corrected chi connectivity index (χ4v) is 1.44. The van der Waals surface area contributed by atoms with Crippen LogP contribution in [0.15, 0.2) is 0 Å². The van der Waals surface area contributed by atoms with E-state index in [-0.39, 0.29) is 0 Å². The average molecular weight is 157 g/mol. The summed E-state index contributed by atoms with van der Waals surface area (Å²) in [6, 6.07) is 0.708. The summed E-state index contributed by atoms with van der Waals surface area (Å²) < 4.78 is 0. The van der Waals surface area contributed by atoms with Crippen LogP contribution in [0.5, 0.6) is 0 Å². The van der Waals surface area contributed by atoms with Crippen molar-refractivity contribution in [2.45, 2.75) is 53.0 Å². The van der Waals surface area contributed by atoms with Crippen LogP contribution in [0.2, 0.25) is 0 Å². The molecule has 1 unspecified atom stereocenters. The largest absolute Gasteiger partial charge is 0.317 e. The van der Waals surface area contributed by atoms with E-state index < -0.39 is 0 Å². The van der Waals surface area contributed by atoms with E-state index >= 15 is 0 Å². The maximum atomic E-state index is 3.36. The van der Waals surface area contributed by atoms with Gasteiger partial charge in [0.2, 0.25) is 0 Å². The van der Waals surface area contributed by atoms with E-state index in [0.717, 1.165) is 0 Å². The molecule has 1 N–H and O–H groups in total. The van der Waals surface area contributed by atoms with Crippen molar-refractivity contribution >= 4 is 0 Å². The van der Waals surface area contributed by atoms with Gasteiger partial charge < -0.3 is 5.32 Å². The van der Waals surface area contributed by atoms with Crippen LogP contribution in [0.4, 0.5) is 0 Å². The van der Waals surface area contributed by atoms with Gasteiger partial charge in [-0.1, -0.05) is 34.1 Å². The Hall–Kier alpha value is -0.0400. The molecule has 0 radical (unpaired) electrons. The molecule has 0 heterocycles. The van der Waals surface area contributed by atoms with E-state index in [0.29, 0.717) is 11.5 Å². The monoisotopic (exact) mass is 157 g/mol. The topological polar surface area (TPSA) is 12.0 Å². The molecule has 1 nitrogen and oxygen atoms in total. The third-order valence-electron chi connectivity index (χ3n) is 1.90. The van der Waals surface area contributed by atoms with Crippen molar-refractivity contribution in [2.75, 3.05) is 7.05 Å². The van der Waals surface area contributed by atoms with Gasteiger partial charge in [0, 0.05) is 6.04 Å². The smallest absolute Gasteiger partial charge is 0.00689 e. The summed E-state index contributed by atoms with van der Waals surface area (Å²) in [5, 5.41) is 3.36. The zero-order chi connectivity index (χ0) is 8.91. The molecule has 0 aliphatic carbocycles. The molecule has 0 fully saturated rings. The van der Waals surface area contributed by atoms with Crippen LogP contribution in [-0.4, -0.2) is 13.1 Å². The predicted molar refractivity (Wildman–Crippen MR) is 51.8 cm³/mol. The fraction of sp³-hybridized carbons (Fsp3) is 1.00. The van der Waals surface area contributed by atoms with E-state index in [1.54, 1.807) is 0 Å². The van der Waals surface area contributed by atoms with Gasteiger partial charge in [-0.3, -0.25) is 0 Å². The lowest BCUT2D eigenvalue weighted by Gasteiger charge is -2.25. The number of hydrogen-bond donors (Lipinski definition) is 1. The highest BCUT2D eigenvalue weighted by molar-refractivity contribution is 4.72. The molecule has 0 amide bonds. The Morgan fingerprint density at radius 1 is 1.27 bits per heavy atom. The molecule has 0 aliphatic heterocycles. The van der Waals surface area contributed by atoms with Crippen molar-refractivity contribution in [3.8, 4) is 0 Å². The SMILES string of the molecule is CCCC(CC(C)(C)C)NC. The van der Waals surface area contributed by atoms with Crippen molar-refractivity contribution in [1.82, 2.24) is 5.32 Å². The highest BCUT2D eigenvalue weighted by Crippen LogP contribution is 2.22. The van der Waals surface area contributed by atoms with Gasteiger partial charge in [-0.25, -0.2) is 0 Å². The molecular weight excluding hydrogens is 134 g/mol. The Morgan fingerprint density at radius 2 is 1.82 bits per heavy atom. The lowest BCUT2D eigenvalue weighted by atomic mass is 9.87. The van der Waals surface area contributed by atoms with Crippen molar-refractivity contribution in [3.05, 3.63) is 0 Å². The summed E-state index contributed by atoms with van der Waals surface area (Å²) in [6.45, 7) is 9.14. The summed E-state index contributed by atoms with van der Waals surface area (Å²) in [6.07, 6.45) is 3.85. The number of rotatable bonds is 4. The summed E-state index contributed by atoms with van der Waals surface area (Å²) >= 11 is 0. The van der Waals surface area contributed by atoms with Crippen LogP contribution in [0, 0.1) is 5.41 Å². The fourth-order valence-electron chi connectivity index (χ4n) is 1.44. The van der Waals surface area contributed by atoms with Gasteiger partial charge in [-0.05, 0) is 25.3 Å². The minimum Gasteiger partial charge on any atom is -0.317 e. The molecule has 0 aromatic rings. The van der Waals surface area contributed by atoms with Gasteiger partial charge >= 0.3 is 0 Å². The van der Waals surface area contributed by atoms with Crippen LogP contribution in [0.1, 0.15) is 47.0 Å². The standard InChI is InChI=1S/C10H23N/c1-6-7-9(11-5)8-10(2,3)4/h9,11H,6-8H2,1-5H3. The van der Waals surface area contributed by atoms with Crippen LogP contribution in [0.3, 0.4) is 0 Å². The molecule has 0 bridgehead atoms. The van der Waals surface area contributed by atoms with Crippen molar-refractivity contribution in [3.63, 3.8) is 0 Å². The van der Waals surface area contributed by atoms with Gasteiger partial charge in [0.1, 0.15) is 0 Å². The van der Waals surface area contributed by atoms with Gasteiger partial charge in [0.25, 0.3) is 0 Å². The second-order valence-corrected chi connectivity index (χ2v) is 4.54. The minimum atomic E-state index is 0.461. The van der Waals surface area contributed by atoms with Gasteiger partial charge in [0.15, 0.2) is 0 Å². The molecule has 68 valence electrons. The molecule has 0 aromatic heterocycles. The first kappa shape index (κ1) is 11.0. The van der Waals surface area contributed by atoms with Crippen LogP contribution >= 0.6 is 0 Å². The van der Waals surface area contributed by atoms with E-state index in [9.17, 15) is 0 Å². The third kappa shape index (κ3) is 6.36. The first-order valence-electron chi connectivity index (χ1n) is 4.67. The quantitative estimate of drug-likeness (QED) is 0.661. The molecular formula is C10H23N. The maximum Gasteiger partial charge on any atom is 0.00689 e. The molecule has 1 atom stereocenters. The summed E-state index contributed by atoms with van der Waals surface area (Å²) in [7, 11) is 2.06. The summed E-state index contributed by atoms with van der Waals surface area (Å²) in [5.74, 6) is 0. The molecule has 0 saturated heterocycles. The Bertz CT molecular complexity index is 91.5. The van der Waals surface area contributed by atoms with Crippen molar-refractivity contribution in [1.29, 1.82) is 0 Å². The van der Waals surface area contributed by atoms with Gasteiger partial charge in [0.05, 0.1) is 0 Å². The third-order valence-corrected chi connectivity index (χ3v) is 1.90. The molecule has 11 heavy (non-hydrogen) atoms. The molecule has 0 spiro atoms. The van der Waals surface area contributed by atoms with Gasteiger partial charge in [-0.2, -0.15) is 0 Å². The molecule has 0 saturated carbocycles. The van der Waals surface area contributed by atoms with E-state index in [4.69, 9.17) is 0 Å². The lowest BCUT2D eigenvalue weighted by molar-refractivity contribution is 0.306. The van der Waals surface area contributed by atoms with Crippen LogP contribution < -0.4 is 5.32 Å². The highest BCUT2D eigenvalue weighted by Gasteiger charge is 2.15. The Balaban J connectivity index is 3.68. The van der Waals surface area contributed by atoms with Crippen LogP contribution in [-0.2, 0) is 0 Å². The zero-order valence-corrected chi connectivity index (χ0v) is 8.70. The normalized spacial score (nSPS) is 15.0. The summed E-state index contributed by atoms with van der Waals surface area (Å²) in [4.78, 5) is 0. The second-order valence-electron chi connectivity index (χ2n) is 4.54. The maximum absolute atomic E-state index is 3.36. The first-order chi connectivity index (χ1) is 4.99. The Kier molecular flexibility index (Phi) is 4.74. The van der Waals surface area contributed by atoms with Crippen molar-refractivity contribution in [2.24, 2.45) is 5.41 Å². The van der Waals surface area contributed by atoms with E-state index in [1.807, 2.05) is 0 Å². The summed E-state index contributed by atoms with van der Waals surface area (Å²) in [5.41, 5.74) is 0.461. The number of nitrogens with one attached hydrogen (secondary N) is 1. The van der Waals surface area contributed by atoms with E-state index in [1.165, 1.54) is 19.3 Å². The molecule has 0 rings (SSSR count). The average Bonchev–Trinajstić information content (AvgIpc) is 1.84. The Labute approximate surface area is 71.6 Å². The molecule has 1 heteroatoms. The highest BCUT2D eigenvalue weighted by atomic mass is 14.9. The number of hydrogen-bond acceptors (Lipinski definition) is 1.